The van der Waals surface area contributed by atoms with Gasteiger partial charge in [0.25, 0.3) is 0 Å². The first-order chi connectivity index (χ1) is 16.7. The number of fused-ring (bicyclic) bond motifs is 1. The van der Waals surface area contributed by atoms with E-state index in [0.29, 0.717) is 13.1 Å². The van der Waals surface area contributed by atoms with Gasteiger partial charge in [-0.15, -0.1) is 0 Å². The number of hydrogen-bond acceptors (Lipinski definition) is 4. The van der Waals surface area contributed by atoms with Crippen LogP contribution in [0.2, 0.25) is 0 Å². The third-order valence-corrected chi connectivity index (χ3v) is 8.47. The van der Waals surface area contributed by atoms with Crippen LogP contribution in [-0.2, 0) is 21.2 Å². The smallest absolute Gasteiger partial charge is 0.241 e. The zero-order valence-corrected chi connectivity index (χ0v) is 22.1. The van der Waals surface area contributed by atoms with E-state index in [4.69, 9.17) is 11.1 Å². The molecule has 2 aromatic carbocycles. The van der Waals surface area contributed by atoms with Crippen LogP contribution in [0.1, 0.15) is 18.4 Å². The summed E-state index contributed by atoms with van der Waals surface area (Å²) >= 11 is 2.11. The number of nitrogens with one attached hydrogen (secondary N) is 4. The number of halogens is 1. The standard InChI is InChI=1S/C24H29IN6O3S/c25-18-7-9-19(10-8-18)35(33,34)30-22(12-17-14-28-21-6-2-1-5-20(17)21)23(32)29-13-16-4-3-11-31(15-16)24(26)27/h1-2,5-10,14,16,22,28,30H,3-4,11-13,15H2,(H3,26,27)(H,29,32)/t16-,22+/m0/s1. The first-order valence-electron chi connectivity index (χ1n) is 11.4. The normalized spacial score (nSPS) is 17.3. The number of piperidine rings is 1. The van der Waals surface area contributed by atoms with Gasteiger partial charge in [0.1, 0.15) is 6.04 Å². The molecule has 3 aromatic rings. The van der Waals surface area contributed by atoms with E-state index in [-0.39, 0.29) is 29.1 Å². The Hall–Kier alpha value is -2.64. The lowest BCUT2D eigenvalue weighted by molar-refractivity contribution is -0.122. The Kier molecular flexibility index (Phi) is 7.97. The van der Waals surface area contributed by atoms with Gasteiger partial charge in [0, 0.05) is 40.3 Å². The zero-order chi connectivity index (χ0) is 25.0. The molecule has 2 atom stereocenters. The second kappa shape index (κ2) is 11.0. The van der Waals surface area contributed by atoms with Crippen molar-refractivity contribution in [1.82, 2.24) is 19.9 Å². The minimum Gasteiger partial charge on any atom is -0.370 e. The molecule has 1 saturated heterocycles. The molecule has 9 nitrogen and oxygen atoms in total. The van der Waals surface area contributed by atoms with Gasteiger partial charge in [-0.25, -0.2) is 8.42 Å². The summed E-state index contributed by atoms with van der Waals surface area (Å²) in [6.45, 7) is 1.72. The predicted molar refractivity (Wildman–Crippen MR) is 144 cm³/mol. The number of aromatic amines is 1. The van der Waals surface area contributed by atoms with E-state index >= 15 is 0 Å². The lowest BCUT2D eigenvalue weighted by Crippen LogP contribution is -2.51. The maximum Gasteiger partial charge on any atom is 0.241 e. The molecule has 186 valence electrons. The second-order valence-electron chi connectivity index (χ2n) is 8.78. The van der Waals surface area contributed by atoms with Crippen molar-refractivity contribution < 1.29 is 13.2 Å². The van der Waals surface area contributed by atoms with Gasteiger partial charge in [-0.05, 0) is 83.7 Å². The van der Waals surface area contributed by atoms with Crippen LogP contribution in [0.15, 0.2) is 59.6 Å². The van der Waals surface area contributed by atoms with E-state index in [1.807, 2.05) is 30.5 Å². The Morgan fingerprint density at radius 2 is 1.97 bits per heavy atom. The molecule has 0 bridgehead atoms. The highest BCUT2D eigenvalue weighted by molar-refractivity contribution is 14.1. The SMILES string of the molecule is N=C(N)N1CCC[C@@H](CNC(=O)[C@@H](Cc2c[nH]c3ccccc23)NS(=O)(=O)c2ccc(I)cc2)C1. The van der Waals surface area contributed by atoms with Gasteiger partial charge in [-0.3, -0.25) is 10.2 Å². The number of H-pyrrole nitrogens is 1. The number of aromatic nitrogens is 1. The molecule has 0 aliphatic carbocycles. The predicted octanol–water partition coefficient (Wildman–Crippen LogP) is 2.38. The van der Waals surface area contributed by atoms with Crippen molar-refractivity contribution in [3.05, 3.63) is 63.9 Å². The number of carbonyl (C=O) groups excluding carboxylic acids is 1. The van der Waals surface area contributed by atoms with Crippen LogP contribution < -0.4 is 15.8 Å². The Morgan fingerprint density at radius 1 is 1.23 bits per heavy atom. The molecule has 4 rings (SSSR count). The maximum absolute atomic E-state index is 13.3. The monoisotopic (exact) mass is 608 g/mol. The van der Waals surface area contributed by atoms with Gasteiger partial charge in [0.2, 0.25) is 15.9 Å². The second-order valence-corrected chi connectivity index (χ2v) is 11.7. The Bertz CT molecular complexity index is 1310. The fourth-order valence-corrected chi connectivity index (χ4v) is 5.95. The van der Waals surface area contributed by atoms with E-state index in [0.717, 1.165) is 39.4 Å². The summed E-state index contributed by atoms with van der Waals surface area (Å²) in [5.41, 5.74) is 7.41. The number of nitrogens with zero attached hydrogens (tertiary/aromatic N) is 1. The van der Waals surface area contributed by atoms with Gasteiger partial charge in [-0.1, -0.05) is 18.2 Å². The molecule has 6 N–H and O–H groups in total. The number of amides is 1. The van der Waals surface area contributed by atoms with Gasteiger partial charge in [0.05, 0.1) is 4.90 Å². The van der Waals surface area contributed by atoms with E-state index < -0.39 is 16.1 Å². The number of para-hydroxylation sites is 1. The fraction of sp³-hybridized carbons (Fsp3) is 0.333. The summed E-state index contributed by atoms with van der Waals surface area (Å²) in [6.07, 6.45) is 3.81. The summed E-state index contributed by atoms with van der Waals surface area (Å²) in [5, 5.41) is 11.6. The quantitative estimate of drug-likeness (QED) is 0.152. The van der Waals surface area contributed by atoms with Crippen molar-refractivity contribution in [3.63, 3.8) is 0 Å². The molecule has 1 amide bonds. The average Bonchev–Trinajstić information content (AvgIpc) is 3.25. The number of likely N-dealkylation sites (tertiary alicyclic amines) is 1. The van der Waals surface area contributed by atoms with Crippen molar-refractivity contribution in [3.8, 4) is 0 Å². The highest BCUT2D eigenvalue weighted by atomic mass is 127. The molecule has 11 heteroatoms. The van der Waals surface area contributed by atoms with E-state index in [9.17, 15) is 13.2 Å². The summed E-state index contributed by atoms with van der Waals surface area (Å²) in [4.78, 5) is 18.4. The molecule has 0 unspecified atom stereocenters. The molecular formula is C24H29IN6O3S. The molecule has 35 heavy (non-hydrogen) atoms. The average molecular weight is 609 g/mol. The van der Waals surface area contributed by atoms with Crippen LogP contribution in [0.25, 0.3) is 10.9 Å². The van der Waals surface area contributed by atoms with Crippen molar-refractivity contribution >= 4 is 55.4 Å². The third kappa shape index (κ3) is 6.33. The van der Waals surface area contributed by atoms with Crippen molar-refractivity contribution in [2.45, 2.75) is 30.2 Å². The van der Waals surface area contributed by atoms with Gasteiger partial charge in [0.15, 0.2) is 5.96 Å². The Balaban J connectivity index is 1.52. The number of benzene rings is 2. The summed E-state index contributed by atoms with van der Waals surface area (Å²) in [6, 6.07) is 13.2. The number of hydrogen-bond donors (Lipinski definition) is 5. The number of nitrogens with two attached hydrogens (primary N) is 1. The summed E-state index contributed by atoms with van der Waals surface area (Å²) < 4.78 is 29.8. The topological polar surface area (TPSA) is 144 Å². The Labute approximate surface area is 218 Å². The van der Waals surface area contributed by atoms with Crippen molar-refractivity contribution in [1.29, 1.82) is 5.41 Å². The maximum atomic E-state index is 13.3. The Morgan fingerprint density at radius 3 is 2.71 bits per heavy atom. The summed E-state index contributed by atoms with van der Waals surface area (Å²) in [7, 11) is -3.92. The van der Waals surface area contributed by atoms with Gasteiger partial charge < -0.3 is 20.9 Å². The van der Waals surface area contributed by atoms with E-state index in [2.05, 4.69) is 37.6 Å². The van der Waals surface area contributed by atoms with Gasteiger partial charge >= 0.3 is 0 Å². The fourth-order valence-electron chi connectivity index (χ4n) is 4.40. The third-order valence-electron chi connectivity index (χ3n) is 6.26. The van der Waals surface area contributed by atoms with Crippen molar-refractivity contribution in [2.75, 3.05) is 19.6 Å². The van der Waals surface area contributed by atoms with E-state index in [1.165, 1.54) is 12.1 Å². The lowest BCUT2D eigenvalue weighted by Gasteiger charge is -2.33. The first-order valence-corrected chi connectivity index (χ1v) is 14.0. The molecule has 1 aliphatic heterocycles. The minimum atomic E-state index is -3.92. The number of rotatable bonds is 8. The summed E-state index contributed by atoms with van der Waals surface area (Å²) in [5.74, 6) is -0.217. The molecular weight excluding hydrogens is 579 g/mol. The number of guanidine groups is 1. The minimum absolute atomic E-state index is 0.0310. The molecule has 0 spiro atoms. The largest absolute Gasteiger partial charge is 0.370 e. The molecule has 0 saturated carbocycles. The van der Waals surface area contributed by atoms with Crippen LogP contribution in [0, 0.1) is 14.9 Å². The highest BCUT2D eigenvalue weighted by Gasteiger charge is 2.28. The molecule has 1 fully saturated rings. The lowest BCUT2D eigenvalue weighted by atomic mass is 9.98. The van der Waals surface area contributed by atoms with Crippen LogP contribution in [0.3, 0.4) is 0 Å². The zero-order valence-electron chi connectivity index (χ0n) is 19.1. The van der Waals surface area contributed by atoms with Crippen LogP contribution in [0.5, 0.6) is 0 Å². The van der Waals surface area contributed by atoms with Crippen LogP contribution in [-0.4, -0.2) is 55.8 Å². The molecule has 0 radical (unpaired) electrons. The van der Waals surface area contributed by atoms with E-state index in [1.54, 1.807) is 17.0 Å². The van der Waals surface area contributed by atoms with Crippen molar-refractivity contribution in [2.24, 2.45) is 11.7 Å². The highest BCUT2D eigenvalue weighted by Crippen LogP contribution is 2.21. The molecule has 1 aliphatic rings. The van der Waals surface area contributed by atoms with Gasteiger partial charge in [-0.2, -0.15) is 4.72 Å². The number of sulfonamides is 1. The molecule has 2 heterocycles. The number of carbonyl (C=O) groups is 1. The van der Waals surface area contributed by atoms with Crippen LogP contribution in [0.4, 0.5) is 0 Å². The molecule has 1 aromatic heterocycles. The first kappa shape index (κ1) is 25.5. The van der Waals surface area contributed by atoms with Crippen LogP contribution >= 0.6 is 22.6 Å².